The summed E-state index contributed by atoms with van der Waals surface area (Å²) in [6, 6.07) is 3.41. The third kappa shape index (κ3) is 1.71. The molecule has 4 N–H and O–H groups in total. The van der Waals surface area contributed by atoms with Crippen molar-refractivity contribution in [3.8, 4) is 0 Å². The molecule has 1 unspecified atom stereocenters. The maximum atomic E-state index is 9.05. The number of nitrogens with two attached hydrogens (primary N) is 1. The van der Waals surface area contributed by atoms with Gasteiger partial charge in [0, 0.05) is 11.1 Å². The van der Waals surface area contributed by atoms with Crippen LogP contribution in [0.4, 0.5) is 0 Å². The Kier molecular flexibility index (Phi) is 2.93. The molecule has 0 radical (unpaired) electrons. The van der Waals surface area contributed by atoms with Gasteiger partial charge in [0.1, 0.15) is 0 Å². The maximum absolute atomic E-state index is 9.05. The van der Waals surface area contributed by atoms with Gasteiger partial charge in [0.05, 0.1) is 23.2 Å². The molecule has 1 aromatic heterocycles. The highest BCUT2D eigenvalue weighted by Crippen LogP contribution is 2.30. The van der Waals surface area contributed by atoms with E-state index in [1.54, 1.807) is 6.07 Å². The maximum Gasteiger partial charge on any atom is 0.0650 e. The Morgan fingerprint density at radius 2 is 2.12 bits per heavy atom. The third-order valence-corrected chi connectivity index (χ3v) is 3.31. The fourth-order valence-corrected chi connectivity index (χ4v) is 2.13. The van der Waals surface area contributed by atoms with Crippen LogP contribution in [0.25, 0.3) is 10.9 Å². The Bertz CT molecular complexity index is 533. The van der Waals surface area contributed by atoms with Gasteiger partial charge in [-0.3, -0.25) is 0 Å². The molecule has 1 atom stereocenters. The zero-order chi connectivity index (χ0) is 11.9. The molecule has 1 heterocycles. The average molecular weight is 239 g/mol. The molecule has 0 bridgehead atoms. The molecule has 0 aliphatic carbocycles. The van der Waals surface area contributed by atoms with Gasteiger partial charge in [-0.2, -0.15) is 0 Å². The van der Waals surface area contributed by atoms with Gasteiger partial charge < -0.3 is 15.8 Å². The zero-order valence-corrected chi connectivity index (χ0v) is 10.1. The van der Waals surface area contributed by atoms with Gasteiger partial charge in [0.15, 0.2) is 0 Å². The van der Waals surface area contributed by atoms with Crippen LogP contribution in [0.5, 0.6) is 0 Å². The monoisotopic (exact) mass is 238 g/mol. The van der Waals surface area contributed by atoms with Gasteiger partial charge in [0.25, 0.3) is 0 Å². The highest BCUT2D eigenvalue weighted by atomic mass is 35.5. The molecule has 0 spiro atoms. The van der Waals surface area contributed by atoms with E-state index >= 15 is 0 Å². The summed E-state index contributed by atoms with van der Waals surface area (Å²) < 4.78 is 0. The van der Waals surface area contributed by atoms with Gasteiger partial charge in [0.2, 0.25) is 0 Å². The molecule has 16 heavy (non-hydrogen) atoms. The van der Waals surface area contributed by atoms with E-state index in [0.717, 1.165) is 22.2 Å². The van der Waals surface area contributed by atoms with Crippen LogP contribution < -0.4 is 5.73 Å². The van der Waals surface area contributed by atoms with Crippen molar-refractivity contribution in [1.82, 2.24) is 4.98 Å². The minimum atomic E-state index is -0.378. The molecule has 0 aliphatic heterocycles. The molecule has 0 aliphatic rings. The van der Waals surface area contributed by atoms with Crippen LogP contribution in [0.15, 0.2) is 12.1 Å². The molecule has 2 aromatic rings. The van der Waals surface area contributed by atoms with Crippen molar-refractivity contribution in [1.29, 1.82) is 0 Å². The minimum Gasteiger partial charge on any atom is -0.394 e. The molecule has 1 aromatic carbocycles. The Labute approximate surface area is 99.2 Å². The van der Waals surface area contributed by atoms with Crippen molar-refractivity contribution in [3.05, 3.63) is 34.0 Å². The van der Waals surface area contributed by atoms with Crippen LogP contribution >= 0.6 is 11.6 Å². The van der Waals surface area contributed by atoms with E-state index < -0.39 is 0 Å². The number of aromatic amines is 1. The number of hydrogen-bond acceptors (Lipinski definition) is 2. The molecule has 0 saturated carbocycles. The SMILES string of the molecule is Cc1[nH]c2c(Cl)cc(C(N)CO)cc2c1C. The summed E-state index contributed by atoms with van der Waals surface area (Å²) in [4.78, 5) is 3.24. The van der Waals surface area contributed by atoms with E-state index in [1.165, 1.54) is 5.56 Å². The fraction of sp³-hybridized carbons (Fsp3) is 0.333. The molecule has 0 saturated heterocycles. The Hall–Kier alpha value is -1.03. The van der Waals surface area contributed by atoms with Crippen molar-refractivity contribution in [3.63, 3.8) is 0 Å². The molecule has 4 heteroatoms. The third-order valence-electron chi connectivity index (χ3n) is 3.02. The molecular weight excluding hydrogens is 224 g/mol. The second-order valence-corrected chi connectivity index (χ2v) is 4.50. The number of halogens is 1. The van der Waals surface area contributed by atoms with Crippen molar-refractivity contribution < 1.29 is 5.11 Å². The lowest BCUT2D eigenvalue weighted by molar-refractivity contribution is 0.268. The topological polar surface area (TPSA) is 62.0 Å². The summed E-state index contributed by atoms with van der Waals surface area (Å²) in [5.74, 6) is 0. The number of aliphatic hydroxyl groups is 1. The van der Waals surface area contributed by atoms with Crippen LogP contribution in [0.1, 0.15) is 22.9 Å². The summed E-state index contributed by atoms with van der Waals surface area (Å²) >= 11 is 6.18. The van der Waals surface area contributed by atoms with Gasteiger partial charge in [-0.1, -0.05) is 11.6 Å². The Balaban J connectivity index is 2.70. The molecule has 0 amide bonds. The lowest BCUT2D eigenvalue weighted by atomic mass is 10.0. The van der Waals surface area contributed by atoms with E-state index in [9.17, 15) is 0 Å². The van der Waals surface area contributed by atoms with Crippen LogP contribution in [-0.4, -0.2) is 16.7 Å². The van der Waals surface area contributed by atoms with E-state index in [-0.39, 0.29) is 12.6 Å². The highest BCUT2D eigenvalue weighted by Gasteiger charge is 2.12. The number of aryl methyl sites for hydroxylation is 2. The van der Waals surface area contributed by atoms with E-state index in [4.69, 9.17) is 22.4 Å². The first kappa shape index (κ1) is 11.5. The first-order valence-corrected chi connectivity index (χ1v) is 5.57. The van der Waals surface area contributed by atoms with Crippen LogP contribution in [0, 0.1) is 13.8 Å². The second-order valence-electron chi connectivity index (χ2n) is 4.09. The fourth-order valence-electron chi connectivity index (χ4n) is 1.85. The first-order valence-electron chi connectivity index (χ1n) is 5.19. The predicted molar refractivity (Wildman–Crippen MR) is 66.8 cm³/mol. The summed E-state index contributed by atoms with van der Waals surface area (Å²) in [5, 5.41) is 10.8. The number of fused-ring (bicyclic) bond motifs is 1. The van der Waals surface area contributed by atoms with E-state index in [1.807, 2.05) is 19.9 Å². The van der Waals surface area contributed by atoms with E-state index in [2.05, 4.69) is 4.98 Å². The molecule has 2 rings (SSSR count). The van der Waals surface area contributed by atoms with Crippen molar-refractivity contribution in [2.45, 2.75) is 19.9 Å². The van der Waals surface area contributed by atoms with Gasteiger partial charge in [-0.15, -0.1) is 0 Å². The van der Waals surface area contributed by atoms with Crippen LogP contribution in [0.2, 0.25) is 5.02 Å². The normalized spacial score (nSPS) is 13.3. The number of rotatable bonds is 2. The van der Waals surface area contributed by atoms with E-state index in [0.29, 0.717) is 5.02 Å². The smallest absolute Gasteiger partial charge is 0.0650 e. The first-order chi connectivity index (χ1) is 7.54. The summed E-state index contributed by atoms with van der Waals surface area (Å²) in [5.41, 5.74) is 9.86. The lowest BCUT2D eigenvalue weighted by Crippen LogP contribution is -2.14. The van der Waals surface area contributed by atoms with Crippen molar-refractivity contribution in [2.24, 2.45) is 5.73 Å². The molecule has 3 nitrogen and oxygen atoms in total. The van der Waals surface area contributed by atoms with Crippen molar-refractivity contribution >= 4 is 22.5 Å². The summed E-state index contributed by atoms with van der Waals surface area (Å²) in [6.07, 6.45) is 0. The number of hydrogen-bond donors (Lipinski definition) is 3. The number of nitrogens with one attached hydrogen (secondary N) is 1. The number of benzene rings is 1. The van der Waals surface area contributed by atoms with Gasteiger partial charge >= 0.3 is 0 Å². The van der Waals surface area contributed by atoms with Crippen LogP contribution in [0.3, 0.4) is 0 Å². The quantitative estimate of drug-likeness (QED) is 0.753. The van der Waals surface area contributed by atoms with Crippen LogP contribution in [-0.2, 0) is 0 Å². The highest BCUT2D eigenvalue weighted by molar-refractivity contribution is 6.35. The number of aromatic nitrogens is 1. The van der Waals surface area contributed by atoms with Crippen molar-refractivity contribution in [2.75, 3.05) is 6.61 Å². The lowest BCUT2D eigenvalue weighted by Gasteiger charge is -2.09. The summed E-state index contributed by atoms with van der Waals surface area (Å²) in [6.45, 7) is 3.97. The zero-order valence-electron chi connectivity index (χ0n) is 9.34. The summed E-state index contributed by atoms with van der Waals surface area (Å²) in [7, 11) is 0. The molecule has 86 valence electrons. The minimum absolute atomic E-state index is 0.0791. The van der Waals surface area contributed by atoms with Gasteiger partial charge in [-0.25, -0.2) is 0 Å². The molecule has 0 fully saturated rings. The van der Waals surface area contributed by atoms with Gasteiger partial charge in [-0.05, 0) is 37.1 Å². The predicted octanol–water partition coefficient (Wildman–Crippen LogP) is 2.43. The largest absolute Gasteiger partial charge is 0.394 e. The Morgan fingerprint density at radius 1 is 1.44 bits per heavy atom. The standard InChI is InChI=1S/C12H15ClN2O/c1-6-7(2)15-12-9(6)3-8(4-10(12)13)11(14)5-16/h3-4,11,15-16H,5,14H2,1-2H3. The Morgan fingerprint density at radius 3 is 2.75 bits per heavy atom. The average Bonchev–Trinajstić information content (AvgIpc) is 2.56. The number of aliphatic hydroxyl groups excluding tert-OH is 1. The molecular formula is C12H15ClN2O. The second kappa shape index (κ2) is 4.09. The number of H-pyrrole nitrogens is 1.